The van der Waals surface area contributed by atoms with Gasteiger partial charge in [0.15, 0.2) is 0 Å². The number of benzene rings is 2. The molecule has 3 rings (SSSR count). The van der Waals surface area contributed by atoms with Crippen molar-refractivity contribution in [3.8, 4) is 0 Å². The molecule has 0 aromatic heterocycles. The van der Waals surface area contributed by atoms with Gasteiger partial charge in [-0.15, -0.1) is 0 Å². The van der Waals surface area contributed by atoms with Gasteiger partial charge < -0.3 is 10.2 Å². The molecule has 138 valence electrons. The van der Waals surface area contributed by atoms with Crippen LogP contribution in [0, 0.1) is 0 Å². The van der Waals surface area contributed by atoms with Crippen LogP contribution in [0.2, 0.25) is 5.02 Å². The average molecular weight is 394 g/mol. The highest BCUT2D eigenvalue weighted by Crippen LogP contribution is 2.29. The minimum absolute atomic E-state index is 0.166. The number of rotatable bonds is 4. The van der Waals surface area contributed by atoms with Gasteiger partial charge in [-0.05, 0) is 48.9 Å². The zero-order chi connectivity index (χ0) is 18.9. The van der Waals surface area contributed by atoms with Crippen molar-refractivity contribution in [3.05, 3.63) is 64.2 Å². The largest absolute Gasteiger partial charge is 0.331 e. The second-order valence-corrected chi connectivity index (χ2v) is 8.48. The lowest BCUT2D eigenvalue weighted by atomic mass is 10.1. The van der Waals surface area contributed by atoms with Crippen molar-refractivity contribution in [1.82, 2.24) is 14.9 Å². The smallest absolute Gasteiger partial charge is 0.318 e. The van der Waals surface area contributed by atoms with Crippen molar-refractivity contribution in [3.63, 3.8) is 0 Å². The molecular formula is C18H20ClN3O3S. The monoisotopic (exact) mass is 393 g/mol. The van der Waals surface area contributed by atoms with E-state index in [-0.39, 0.29) is 17.0 Å². The van der Waals surface area contributed by atoms with E-state index in [2.05, 4.69) is 10.0 Å². The predicted molar refractivity (Wildman–Crippen MR) is 100 cm³/mol. The third-order valence-corrected chi connectivity index (χ3v) is 6.26. The van der Waals surface area contributed by atoms with Gasteiger partial charge >= 0.3 is 6.03 Å². The molecular weight excluding hydrogens is 374 g/mol. The molecule has 1 aliphatic heterocycles. The van der Waals surface area contributed by atoms with E-state index in [1.165, 1.54) is 13.1 Å². The molecule has 0 fully saturated rings. The van der Waals surface area contributed by atoms with E-state index in [1.54, 1.807) is 23.1 Å². The van der Waals surface area contributed by atoms with Crippen LogP contribution in [0.3, 0.4) is 0 Å². The Hall–Kier alpha value is -2.09. The van der Waals surface area contributed by atoms with Gasteiger partial charge in [0, 0.05) is 18.1 Å². The van der Waals surface area contributed by atoms with Crippen LogP contribution in [0.25, 0.3) is 0 Å². The number of hydrogen-bond donors (Lipinski definition) is 2. The number of sulfonamides is 1. The highest BCUT2D eigenvalue weighted by atomic mass is 35.5. The summed E-state index contributed by atoms with van der Waals surface area (Å²) in [5.74, 6) is 0. The number of urea groups is 1. The molecule has 1 unspecified atom stereocenters. The van der Waals surface area contributed by atoms with E-state index < -0.39 is 10.0 Å². The van der Waals surface area contributed by atoms with Crippen molar-refractivity contribution in [2.45, 2.75) is 31.0 Å². The normalized spacial score (nSPS) is 14.8. The van der Waals surface area contributed by atoms with Crippen molar-refractivity contribution in [1.29, 1.82) is 0 Å². The van der Waals surface area contributed by atoms with Gasteiger partial charge in [0.2, 0.25) is 10.0 Å². The first-order valence-electron chi connectivity index (χ1n) is 8.17. The lowest BCUT2D eigenvalue weighted by Gasteiger charge is -2.21. The van der Waals surface area contributed by atoms with Crippen LogP contribution in [-0.2, 0) is 23.1 Å². The zero-order valence-corrected chi connectivity index (χ0v) is 16.1. The van der Waals surface area contributed by atoms with Crippen LogP contribution in [0.5, 0.6) is 0 Å². The first kappa shape index (κ1) is 18.7. The number of halogens is 1. The molecule has 2 amide bonds. The van der Waals surface area contributed by atoms with Crippen LogP contribution in [0.15, 0.2) is 47.4 Å². The summed E-state index contributed by atoms with van der Waals surface area (Å²) in [7, 11) is -2.16. The molecule has 2 N–H and O–H groups in total. The molecule has 1 heterocycles. The highest BCUT2D eigenvalue weighted by Gasteiger charge is 2.26. The summed E-state index contributed by atoms with van der Waals surface area (Å²) in [6.45, 7) is 2.78. The molecule has 0 bridgehead atoms. The van der Waals surface area contributed by atoms with Crippen LogP contribution < -0.4 is 10.0 Å². The molecule has 0 spiro atoms. The zero-order valence-electron chi connectivity index (χ0n) is 14.5. The summed E-state index contributed by atoms with van der Waals surface area (Å²) in [4.78, 5) is 14.4. The number of carbonyl (C=O) groups is 1. The van der Waals surface area contributed by atoms with Gasteiger partial charge in [0.05, 0.1) is 10.9 Å². The summed E-state index contributed by atoms with van der Waals surface area (Å²) < 4.78 is 26.2. The Morgan fingerprint density at radius 1 is 1.19 bits per heavy atom. The molecule has 2 aromatic carbocycles. The number of carbonyl (C=O) groups excluding carboxylic acids is 1. The number of hydrogen-bond acceptors (Lipinski definition) is 3. The number of fused-ring (bicyclic) bond motifs is 1. The van der Waals surface area contributed by atoms with Gasteiger partial charge in [0.25, 0.3) is 0 Å². The Balaban J connectivity index is 1.71. The molecule has 6 nitrogen and oxygen atoms in total. The predicted octanol–water partition coefficient (Wildman–Crippen LogP) is 3.03. The van der Waals surface area contributed by atoms with Crippen LogP contribution >= 0.6 is 11.6 Å². The molecule has 26 heavy (non-hydrogen) atoms. The molecule has 8 heteroatoms. The topological polar surface area (TPSA) is 78.5 Å². The number of nitrogens with zero attached hydrogens (tertiary/aromatic N) is 1. The quantitative estimate of drug-likeness (QED) is 0.838. The summed E-state index contributed by atoms with van der Waals surface area (Å²) in [6.07, 6.45) is 0. The Morgan fingerprint density at radius 3 is 2.62 bits per heavy atom. The summed E-state index contributed by atoms with van der Waals surface area (Å²) in [5.41, 5.74) is 2.73. The van der Waals surface area contributed by atoms with Crippen LogP contribution in [0.1, 0.15) is 29.7 Å². The van der Waals surface area contributed by atoms with E-state index in [1.807, 2.05) is 25.1 Å². The maximum absolute atomic E-state index is 12.6. The Morgan fingerprint density at radius 2 is 1.92 bits per heavy atom. The first-order valence-corrected chi connectivity index (χ1v) is 10.0. The third kappa shape index (κ3) is 3.70. The summed E-state index contributed by atoms with van der Waals surface area (Å²) >= 11 is 6.19. The summed E-state index contributed by atoms with van der Waals surface area (Å²) in [5, 5.41) is 3.58. The molecule has 1 aliphatic rings. The van der Waals surface area contributed by atoms with E-state index in [4.69, 9.17) is 11.6 Å². The van der Waals surface area contributed by atoms with E-state index in [0.29, 0.717) is 23.7 Å². The van der Waals surface area contributed by atoms with Crippen molar-refractivity contribution in [2.24, 2.45) is 0 Å². The van der Waals surface area contributed by atoms with Gasteiger partial charge in [-0.2, -0.15) is 0 Å². The van der Waals surface area contributed by atoms with Crippen molar-refractivity contribution >= 4 is 27.7 Å². The summed E-state index contributed by atoms with van der Waals surface area (Å²) in [6, 6.07) is 11.6. The Bertz CT molecular complexity index is 946. The van der Waals surface area contributed by atoms with Gasteiger partial charge in [-0.1, -0.05) is 35.9 Å². The van der Waals surface area contributed by atoms with Gasteiger partial charge in [-0.3, -0.25) is 0 Å². The maximum Gasteiger partial charge on any atom is 0.318 e. The number of nitrogens with one attached hydrogen (secondary N) is 2. The Labute approximate surface area is 158 Å². The fourth-order valence-electron chi connectivity index (χ4n) is 2.95. The van der Waals surface area contributed by atoms with Crippen LogP contribution in [0.4, 0.5) is 4.79 Å². The van der Waals surface area contributed by atoms with Gasteiger partial charge in [-0.25, -0.2) is 17.9 Å². The molecule has 0 saturated heterocycles. The van der Waals surface area contributed by atoms with Crippen molar-refractivity contribution < 1.29 is 13.2 Å². The van der Waals surface area contributed by atoms with Crippen molar-refractivity contribution in [2.75, 3.05) is 7.05 Å². The molecule has 1 atom stereocenters. The fourth-order valence-corrected chi connectivity index (χ4v) is 3.99. The fraction of sp³-hybridized carbons (Fsp3) is 0.278. The third-order valence-electron chi connectivity index (χ3n) is 4.49. The molecule has 0 radical (unpaired) electrons. The van der Waals surface area contributed by atoms with Gasteiger partial charge in [0.1, 0.15) is 0 Å². The minimum atomic E-state index is -3.53. The molecule has 0 aliphatic carbocycles. The SMILES string of the molecule is CNS(=O)(=O)c1cccc(C(C)NC(=O)N2Cc3cccc(Cl)c3C2)c1. The highest BCUT2D eigenvalue weighted by molar-refractivity contribution is 7.89. The van der Waals surface area contributed by atoms with E-state index in [9.17, 15) is 13.2 Å². The second-order valence-electron chi connectivity index (χ2n) is 6.18. The number of amides is 2. The molecule has 0 saturated carbocycles. The Kier molecular flexibility index (Phi) is 5.22. The maximum atomic E-state index is 12.6. The second kappa shape index (κ2) is 7.26. The van der Waals surface area contributed by atoms with Crippen LogP contribution in [-0.4, -0.2) is 26.4 Å². The minimum Gasteiger partial charge on any atom is -0.331 e. The molecule has 2 aromatic rings. The lowest BCUT2D eigenvalue weighted by molar-refractivity contribution is 0.195. The standard InChI is InChI=1S/C18H20ClN3O3S/c1-12(13-5-3-7-15(9-13)26(24,25)20-2)21-18(23)22-10-14-6-4-8-17(19)16(14)11-22/h3-9,12,20H,10-11H2,1-2H3,(H,21,23). The first-order chi connectivity index (χ1) is 12.3. The van der Waals surface area contributed by atoms with E-state index >= 15 is 0 Å². The lowest BCUT2D eigenvalue weighted by Crippen LogP contribution is -2.37. The average Bonchev–Trinajstić information content (AvgIpc) is 3.07. The van der Waals surface area contributed by atoms with E-state index in [0.717, 1.165) is 11.1 Å².